The van der Waals surface area contributed by atoms with Crippen LogP contribution in [0.5, 0.6) is 0 Å². The fourth-order valence-electron chi connectivity index (χ4n) is 1.31. The van der Waals surface area contributed by atoms with Crippen molar-refractivity contribution in [1.82, 2.24) is 10.3 Å². The van der Waals surface area contributed by atoms with Gasteiger partial charge >= 0.3 is 0 Å². The van der Waals surface area contributed by atoms with Crippen LogP contribution in [0.3, 0.4) is 0 Å². The molecule has 0 radical (unpaired) electrons. The molecule has 4 heteroatoms. The van der Waals surface area contributed by atoms with E-state index in [-0.39, 0.29) is 0 Å². The van der Waals surface area contributed by atoms with E-state index >= 15 is 0 Å². The molecule has 0 aliphatic carbocycles. The summed E-state index contributed by atoms with van der Waals surface area (Å²) in [7, 11) is 0. The van der Waals surface area contributed by atoms with E-state index in [0.717, 1.165) is 16.8 Å². The lowest BCUT2D eigenvalue weighted by molar-refractivity contribution is 0.479. The highest BCUT2D eigenvalue weighted by Gasteiger charge is 1.96. The molecule has 0 saturated carbocycles. The standard InChI is InChI=1S/C11H11BrN2O/c12-10-3-1-2-9(4-10)5-13-6-11-7-14-8-15-11/h1-4,7-8,13H,5-6H2. The number of oxazole rings is 1. The van der Waals surface area contributed by atoms with Gasteiger partial charge in [0.25, 0.3) is 0 Å². The molecular weight excluding hydrogens is 256 g/mol. The van der Waals surface area contributed by atoms with Crippen molar-refractivity contribution >= 4 is 15.9 Å². The predicted molar refractivity (Wildman–Crippen MR) is 61.2 cm³/mol. The van der Waals surface area contributed by atoms with Gasteiger partial charge in [-0.15, -0.1) is 0 Å². The Kier molecular flexibility index (Phi) is 3.53. The minimum absolute atomic E-state index is 0.701. The van der Waals surface area contributed by atoms with Crippen LogP contribution in [0.1, 0.15) is 11.3 Å². The molecule has 0 saturated heterocycles. The van der Waals surface area contributed by atoms with Gasteiger partial charge in [-0.1, -0.05) is 28.1 Å². The molecule has 0 atom stereocenters. The normalized spacial score (nSPS) is 10.5. The first-order valence-corrected chi connectivity index (χ1v) is 5.46. The molecular formula is C11H11BrN2O. The molecule has 2 aromatic rings. The molecule has 2 rings (SSSR count). The van der Waals surface area contributed by atoms with Crippen molar-refractivity contribution in [1.29, 1.82) is 0 Å². The Labute approximate surface area is 96.6 Å². The van der Waals surface area contributed by atoms with Gasteiger partial charge in [0.15, 0.2) is 6.39 Å². The summed E-state index contributed by atoms with van der Waals surface area (Å²) in [6, 6.07) is 8.21. The maximum absolute atomic E-state index is 5.11. The van der Waals surface area contributed by atoms with E-state index in [0.29, 0.717) is 6.54 Å². The molecule has 0 amide bonds. The van der Waals surface area contributed by atoms with Gasteiger partial charge in [0, 0.05) is 11.0 Å². The largest absolute Gasteiger partial charge is 0.447 e. The average Bonchev–Trinajstić information content (AvgIpc) is 2.71. The third-order valence-corrected chi connectivity index (χ3v) is 2.49. The highest BCUT2D eigenvalue weighted by atomic mass is 79.9. The van der Waals surface area contributed by atoms with Gasteiger partial charge in [-0.3, -0.25) is 0 Å². The second kappa shape index (κ2) is 5.09. The van der Waals surface area contributed by atoms with Crippen LogP contribution >= 0.6 is 15.9 Å². The predicted octanol–water partition coefficient (Wildman–Crippen LogP) is 2.73. The Bertz CT molecular complexity index is 414. The SMILES string of the molecule is Brc1cccc(CNCc2cnco2)c1. The second-order valence-electron chi connectivity index (χ2n) is 3.20. The summed E-state index contributed by atoms with van der Waals surface area (Å²) in [6.45, 7) is 1.52. The summed E-state index contributed by atoms with van der Waals surface area (Å²) in [6.07, 6.45) is 3.16. The number of nitrogens with one attached hydrogen (secondary N) is 1. The van der Waals surface area contributed by atoms with Gasteiger partial charge in [-0.25, -0.2) is 4.98 Å². The monoisotopic (exact) mass is 266 g/mol. The van der Waals surface area contributed by atoms with Gasteiger partial charge in [0.2, 0.25) is 0 Å². The van der Waals surface area contributed by atoms with E-state index in [2.05, 4.69) is 38.4 Å². The number of aromatic nitrogens is 1. The second-order valence-corrected chi connectivity index (χ2v) is 4.12. The highest BCUT2D eigenvalue weighted by Crippen LogP contribution is 2.11. The molecule has 0 spiro atoms. The summed E-state index contributed by atoms with van der Waals surface area (Å²) in [5.74, 6) is 0.852. The van der Waals surface area contributed by atoms with Gasteiger partial charge in [-0.2, -0.15) is 0 Å². The quantitative estimate of drug-likeness (QED) is 0.925. The Morgan fingerprint density at radius 3 is 3.00 bits per heavy atom. The van der Waals surface area contributed by atoms with E-state index in [9.17, 15) is 0 Å². The van der Waals surface area contributed by atoms with Crippen molar-refractivity contribution in [3.8, 4) is 0 Å². The fraction of sp³-hybridized carbons (Fsp3) is 0.182. The van der Waals surface area contributed by atoms with E-state index < -0.39 is 0 Å². The number of hydrogen-bond acceptors (Lipinski definition) is 3. The van der Waals surface area contributed by atoms with Gasteiger partial charge in [0.1, 0.15) is 5.76 Å². The minimum Gasteiger partial charge on any atom is -0.447 e. The third kappa shape index (κ3) is 3.18. The summed E-state index contributed by atoms with van der Waals surface area (Å²) in [5, 5.41) is 3.28. The summed E-state index contributed by atoms with van der Waals surface area (Å²) in [5.41, 5.74) is 1.24. The van der Waals surface area contributed by atoms with Crippen LogP contribution in [-0.2, 0) is 13.1 Å². The van der Waals surface area contributed by atoms with Crippen LogP contribution < -0.4 is 5.32 Å². The van der Waals surface area contributed by atoms with Crippen LogP contribution in [0.25, 0.3) is 0 Å². The molecule has 15 heavy (non-hydrogen) atoms. The lowest BCUT2D eigenvalue weighted by Crippen LogP contribution is -2.11. The Hall–Kier alpha value is -1.13. The summed E-state index contributed by atoms with van der Waals surface area (Å²) < 4.78 is 6.21. The average molecular weight is 267 g/mol. The molecule has 0 aliphatic rings. The fourth-order valence-corrected chi connectivity index (χ4v) is 1.75. The first-order valence-electron chi connectivity index (χ1n) is 4.67. The Morgan fingerprint density at radius 1 is 1.33 bits per heavy atom. The van der Waals surface area contributed by atoms with Gasteiger partial charge in [0.05, 0.1) is 12.7 Å². The van der Waals surface area contributed by atoms with E-state index in [4.69, 9.17) is 4.42 Å². The summed E-state index contributed by atoms with van der Waals surface area (Å²) >= 11 is 3.44. The molecule has 78 valence electrons. The minimum atomic E-state index is 0.701. The Balaban J connectivity index is 1.83. The first kappa shape index (κ1) is 10.4. The van der Waals surface area contributed by atoms with Crippen LogP contribution in [-0.4, -0.2) is 4.98 Å². The number of hydrogen-bond donors (Lipinski definition) is 1. The van der Waals surface area contributed by atoms with Crippen molar-refractivity contribution in [3.63, 3.8) is 0 Å². The topological polar surface area (TPSA) is 38.1 Å². The lowest BCUT2D eigenvalue weighted by Gasteiger charge is -2.02. The molecule has 1 aromatic carbocycles. The number of benzene rings is 1. The zero-order valence-corrected chi connectivity index (χ0v) is 9.70. The highest BCUT2D eigenvalue weighted by molar-refractivity contribution is 9.10. The van der Waals surface area contributed by atoms with Crippen molar-refractivity contribution in [3.05, 3.63) is 52.7 Å². The zero-order valence-electron chi connectivity index (χ0n) is 8.11. The number of rotatable bonds is 4. The smallest absolute Gasteiger partial charge is 0.180 e. The van der Waals surface area contributed by atoms with Crippen molar-refractivity contribution in [2.75, 3.05) is 0 Å². The van der Waals surface area contributed by atoms with Crippen LogP contribution in [0.2, 0.25) is 0 Å². The maximum Gasteiger partial charge on any atom is 0.180 e. The van der Waals surface area contributed by atoms with Gasteiger partial charge < -0.3 is 9.73 Å². The number of halogens is 1. The van der Waals surface area contributed by atoms with Crippen molar-refractivity contribution < 1.29 is 4.42 Å². The molecule has 0 fully saturated rings. The maximum atomic E-state index is 5.11. The first-order chi connectivity index (χ1) is 7.34. The molecule has 1 N–H and O–H groups in total. The van der Waals surface area contributed by atoms with Crippen molar-refractivity contribution in [2.45, 2.75) is 13.1 Å². The summed E-state index contributed by atoms with van der Waals surface area (Å²) in [4.78, 5) is 3.85. The molecule has 0 bridgehead atoms. The van der Waals surface area contributed by atoms with Crippen LogP contribution in [0, 0.1) is 0 Å². The van der Waals surface area contributed by atoms with Gasteiger partial charge in [-0.05, 0) is 17.7 Å². The third-order valence-electron chi connectivity index (χ3n) is 2.00. The molecule has 0 unspecified atom stereocenters. The van der Waals surface area contributed by atoms with Crippen LogP contribution in [0.15, 0.2) is 45.7 Å². The molecule has 3 nitrogen and oxygen atoms in total. The zero-order chi connectivity index (χ0) is 10.5. The molecule has 0 aliphatic heterocycles. The van der Waals surface area contributed by atoms with Crippen molar-refractivity contribution in [2.24, 2.45) is 0 Å². The van der Waals surface area contributed by atoms with E-state index in [1.165, 1.54) is 12.0 Å². The van der Waals surface area contributed by atoms with E-state index in [1.54, 1.807) is 6.20 Å². The molecule has 1 aromatic heterocycles. The Morgan fingerprint density at radius 2 is 2.27 bits per heavy atom. The van der Waals surface area contributed by atoms with E-state index in [1.807, 2.05) is 12.1 Å². The lowest BCUT2D eigenvalue weighted by atomic mass is 10.2. The molecule has 1 heterocycles. The van der Waals surface area contributed by atoms with Crippen LogP contribution in [0.4, 0.5) is 0 Å². The number of nitrogens with zero attached hydrogens (tertiary/aromatic N) is 1.